The normalized spacial score (nSPS) is 13.7. The molecule has 1 saturated heterocycles. The van der Waals surface area contributed by atoms with Gasteiger partial charge in [-0.1, -0.05) is 35.9 Å². The number of fused-ring (bicyclic) bond motifs is 1. The summed E-state index contributed by atoms with van der Waals surface area (Å²) >= 11 is 1.55. The van der Waals surface area contributed by atoms with Gasteiger partial charge in [-0.05, 0) is 42.2 Å². The molecule has 1 fully saturated rings. The van der Waals surface area contributed by atoms with Gasteiger partial charge in [0.1, 0.15) is 11.6 Å². The third-order valence-electron chi connectivity index (χ3n) is 5.33. The average molecular weight is 389 g/mol. The van der Waals surface area contributed by atoms with Crippen molar-refractivity contribution in [1.82, 2.24) is 9.97 Å². The van der Waals surface area contributed by atoms with E-state index in [0.29, 0.717) is 17.5 Å². The highest BCUT2D eigenvalue weighted by atomic mass is 32.1. The molecular weight excluding hydrogens is 369 g/mol. The van der Waals surface area contributed by atoms with Crippen molar-refractivity contribution in [2.24, 2.45) is 0 Å². The second-order valence-electron chi connectivity index (χ2n) is 7.34. The zero-order chi connectivity index (χ0) is 19.1. The maximum absolute atomic E-state index is 15.6. The van der Waals surface area contributed by atoms with E-state index >= 15 is 4.39 Å². The van der Waals surface area contributed by atoms with E-state index in [-0.39, 0.29) is 5.82 Å². The Hall–Kier alpha value is -2.79. The van der Waals surface area contributed by atoms with Crippen LogP contribution in [-0.4, -0.2) is 23.1 Å². The number of aromatic nitrogens is 2. The van der Waals surface area contributed by atoms with Crippen LogP contribution in [0.15, 0.2) is 54.2 Å². The first-order valence-electron chi connectivity index (χ1n) is 9.50. The van der Waals surface area contributed by atoms with Crippen molar-refractivity contribution in [3.63, 3.8) is 0 Å². The zero-order valence-electron chi connectivity index (χ0n) is 15.7. The predicted molar refractivity (Wildman–Crippen MR) is 114 cm³/mol. The summed E-state index contributed by atoms with van der Waals surface area (Å²) in [5.41, 5.74) is 6.81. The lowest BCUT2D eigenvalue weighted by Gasteiger charge is -2.31. The molecule has 5 heteroatoms. The van der Waals surface area contributed by atoms with E-state index in [2.05, 4.69) is 20.9 Å². The van der Waals surface area contributed by atoms with Crippen LogP contribution in [0.5, 0.6) is 0 Å². The highest BCUT2D eigenvalue weighted by molar-refractivity contribution is 7.16. The number of hydrogen-bond donors (Lipinski definition) is 0. The van der Waals surface area contributed by atoms with Crippen molar-refractivity contribution in [2.45, 2.75) is 19.8 Å². The third-order valence-corrected chi connectivity index (χ3v) is 6.10. The third kappa shape index (κ3) is 3.06. The summed E-state index contributed by atoms with van der Waals surface area (Å²) in [4.78, 5) is 11.3. The van der Waals surface area contributed by atoms with Gasteiger partial charge in [0.25, 0.3) is 0 Å². The summed E-state index contributed by atoms with van der Waals surface area (Å²) in [5, 5.41) is 0. The molecule has 0 bridgehead atoms. The molecular formula is C23H20FN3S. The van der Waals surface area contributed by atoms with E-state index < -0.39 is 0 Å². The van der Waals surface area contributed by atoms with Crippen molar-refractivity contribution >= 4 is 27.4 Å². The fourth-order valence-corrected chi connectivity index (χ4v) is 4.45. The molecule has 0 radical (unpaired) electrons. The van der Waals surface area contributed by atoms with Crippen LogP contribution in [0.3, 0.4) is 0 Å². The summed E-state index contributed by atoms with van der Waals surface area (Å²) in [5.74, 6) is 0.824. The number of halogens is 1. The number of rotatable bonds is 4. The molecule has 2 aromatic carbocycles. The van der Waals surface area contributed by atoms with Gasteiger partial charge in [0.05, 0.1) is 15.7 Å². The number of hydrogen-bond acceptors (Lipinski definition) is 4. The number of pyridine rings is 1. The Morgan fingerprint density at radius 3 is 2.71 bits per heavy atom. The number of aryl methyl sites for hydroxylation is 1. The van der Waals surface area contributed by atoms with Crippen molar-refractivity contribution in [3.05, 3.63) is 76.7 Å². The van der Waals surface area contributed by atoms with Crippen molar-refractivity contribution in [1.29, 1.82) is 0 Å². The van der Waals surface area contributed by atoms with Crippen molar-refractivity contribution < 1.29 is 4.39 Å². The van der Waals surface area contributed by atoms with E-state index in [1.54, 1.807) is 16.8 Å². The molecule has 0 aliphatic carbocycles. The number of nitrogens with zero attached hydrogens (tertiary/aromatic N) is 3. The molecule has 0 N–H and O–H groups in total. The van der Waals surface area contributed by atoms with Crippen LogP contribution in [0.25, 0.3) is 21.3 Å². The molecule has 28 heavy (non-hydrogen) atoms. The van der Waals surface area contributed by atoms with Crippen LogP contribution in [0, 0.1) is 12.7 Å². The maximum atomic E-state index is 15.6. The molecule has 0 amide bonds. The van der Waals surface area contributed by atoms with Crippen molar-refractivity contribution in [2.75, 3.05) is 18.0 Å². The first kappa shape index (κ1) is 17.3. The molecule has 140 valence electrons. The summed E-state index contributed by atoms with van der Waals surface area (Å²) < 4.78 is 16.6. The largest absolute Gasteiger partial charge is 0.356 e. The molecule has 0 saturated carbocycles. The van der Waals surface area contributed by atoms with Gasteiger partial charge < -0.3 is 4.90 Å². The average Bonchev–Trinajstić information content (AvgIpc) is 3.10. The van der Waals surface area contributed by atoms with Crippen LogP contribution in [0.4, 0.5) is 10.2 Å². The van der Waals surface area contributed by atoms with E-state index in [1.807, 2.05) is 49.5 Å². The van der Waals surface area contributed by atoms with E-state index in [1.165, 1.54) is 6.42 Å². The molecule has 1 aliphatic rings. The van der Waals surface area contributed by atoms with Crippen LogP contribution >= 0.6 is 11.3 Å². The highest BCUT2D eigenvalue weighted by Crippen LogP contribution is 2.35. The quantitative estimate of drug-likeness (QED) is 0.454. The molecule has 4 aromatic rings. The second-order valence-corrected chi connectivity index (χ2v) is 8.22. The summed E-state index contributed by atoms with van der Waals surface area (Å²) in [7, 11) is 0. The molecule has 0 spiro atoms. The first-order chi connectivity index (χ1) is 13.7. The lowest BCUT2D eigenvalue weighted by molar-refractivity contribution is 0.609. The monoisotopic (exact) mass is 389 g/mol. The SMILES string of the molecule is Cc1cccc(-c2c(F)c(Cc3ccc(N4CCC4)nc3)cc3scnc23)c1. The van der Waals surface area contributed by atoms with Gasteiger partial charge in [-0.15, -0.1) is 11.3 Å². The zero-order valence-corrected chi connectivity index (χ0v) is 16.5. The minimum absolute atomic E-state index is 0.184. The smallest absolute Gasteiger partial charge is 0.136 e. The number of anilines is 1. The maximum Gasteiger partial charge on any atom is 0.136 e. The van der Waals surface area contributed by atoms with Crippen molar-refractivity contribution in [3.8, 4) is 11.1 Å². The molecule has 3 heterocycles. The molecule has 0 atom stereocenters. The van der Waals surface area contributed by atoms with Crippen LogP contribution < -0.4 is 4.90 Å². The van der Waals surface area contributed by atoms with Crippen LogP contribution in [0.1, 0.15) is 23.1 Å². The lowest BCUT2D eigenvalue weighted by atomic mass is 9.96. The van der Waals surface area contributed by atoms with Gasteiger partial charge in [-0.2, -0.15) is 0 Å². The summed E-state index contributed by atoms with van der Waals surface area (Å²) in [6.45, 7) is 4.17. The van der Waals surface area contributed by atoms with Gasteiger partial charge in [-0.3, -0.25) is 0 Å². The number of thiazole rings is 1. The van der Waals surface area contributed by atoms with Gasteiger partial charge in [0, 0.05) is 31.3 Å². The summed E-state index contributed by atoms with van der Waals surface area (Å²) in [6, 6.07) is 14.0. The van der Waals surface area contributed by atoms with Gasteiger partial charge in [-0.25, -0.2) is 14.4 Å². The molecule has 3 nitrogen and oxygen atoms in total. The van der Waals surface area contributed by atoms with Gasteiger partial charge >= 0.3 is 0 Å². The Morgan fingerprint density at radius 2 is 2.00 bits per heavy atom. The van der Waals surface area contributed by atoms with E-state index in [4.69, 9.17) is 0 Å². The topological polar surface area (TPSA) is 29.0 Å². The second kappa shape index (κ2) is 6.99. The Balaban J connectivity index is 1.55. The number of benzene rings is 2. The standard InChI is InChI=1S/C23H20FN3S/c1-15-4-2-5-17(10-15)21-22(24)18(12-19-23(21)26-14-28-19)11-16-6-7-20(25-13-16)27-8-3-9-27/h2,4-7,10,12-14H,3,8-9,11H2,1H3. The molecule has 0 unspecified atom stereocenters. The Morgan fingerprint density at radius 1 is 1.11 bits per heavy atom. The van der Waals surface area contributed by atoms with E-state index in [9.17, 15) is 0 Å². The van der Waals surface area contributed by atoms with E-state index in [0.717, 1.165) is 45.8 Å². The Labute approximate surface area is 167 Å². The van der Waals surface area contributed by atoms with Gasteiger partial charge in [0.2, 0.25) is 0 Å². The fourth-order valence-electron chi connectivity index (χ4n) is 3.70. The minimum atomic E-state index is -0.184. The lowest BCUT2D eigenvalue weighted by Crippen LogP contribution is -2.37. The first-order valence-corrected chi connectivity index (χ1v) is 10.4. The van der Waals surface area contributed by atoms with Crippen LogP contribution in [-0.2, 0) is 6.42 Å². The van der Waals surface area contributed by atoms with Gasteiger partial charge in [0.15, 0.2) is 0 Å². The minimum Gasteiger partial charge on any atom is -0.356 e. The summed E-state index contributed by atoms with van der Waals surface area (Å²) in [6.07, 6.45) is 3.62. The Kier molecular flexibility index (Phi) is 4.32. The molecule has 1 aliphatic heterocycles. The predicted octanol–water partition coefficient (Wildman–Crippen LogP) is 5.61. The highest BCUT2D eigenvalue weighted by Gasteiger charge is 2.19. The molecule has 2 aromatic heterocycles. The molecule has 5 rings (SSSR count). The Bertz CT molecular complexity index is 1150. The fraction of sp³-hybridized carbons (Fsp3) is 0.217. The van der Waals surface area contributed by atoms with Crippen LogP contribution in [0.2, 0.25) is 0 Å².